The third-order valence-corrected chi connectivity index (χ3v) is 5.98. The van der Waals surface area contributed by atoms with Crippen molar-refractivity contribution in [3.05, 3.63) is 70.7 Å². The average Bonchev–Trinajstić information content (AvgIpc) is 2.79. The Kier molecular flexibility index (Phi) is 6.20. The van der Waals surface area contributed by atoms with Crippen molar-refractivity contribution in [1.29, 1.82) is 0 Å². The zero-order valence-electron chi connectivity index (χ0n) is 18.5. The van der Waals surface area contributed by atoms with Crippen LogP contribution in [0.4, 0.5) is 16.3 Å². The summed E-state index contributed by atoms with van der Waals surface area (Å²) in [7, 11) is 0. The van der Waals surface area contributed by atoms with Crippen LogP contribution in [0.15, 0.2) is 54.0 Å². The number of anilines is 2. The number of carbonyl (C=O) groups excluding carboxylic acids is 1. The van der Waals surface area contributed by atoms with Gasteiger partial charge < -0.3 is 15.5 Å². The summed E-state index contributed by atoms with van der Waals surface area (Å²) in [5.41, 5.74) is 4.08. The number of nitrogens with zero attached hydrogens (tertiary/aromatic N) is 4. The number of amides is 2. The molecule has 0 bridgehead atoms. The monoisotopic (exact) mass is 432 g/mol. The highest BCUT2D eigenvalue weighted by Gasteiger charge is 2.25. The zero-order valence-corrected chi connectivity index (χ0v) is 18.5. The number of fused-ring (bicyclic) bond motifs is 1. The fraction of sp³-hybridized carbons (Fsp3) is 0.333. The van der Waals surface area contributed by atoms with Crippen molar-refractivity contribution in [2.24, 2.45) is 0 Å². The van der Waals surface area contributed by atoms with E-state index in [-0.39, 0.29) is 17.6 Å². The molecule has 0 spiro atoms. The number of aryl methyl sites for hydroxylation is 1. The number of urea groups is 1. The van der Waals surface area contributed by atoms with E-state index in [9.17, 15) is 9.59 Å². The maximum Gasteiger partial charge on any atom is 0.319 e. The standard InChI is InChI=1S/C24H28N6O2/c1-4-13-30-21-20(9-6-12-25-21)27-22(23(30)31)29-14-10-18(11-15-29)26-24(32)28-19-8-5-7-16(2)17(19)3/h4-9,12,18H,1,10-11,13-15H2,2-3H3,(H2,26,28,32). The minimum atomic E-state index is -0.208. The Morgan fingerprint density at radius 1 is 1.22 bits per heavy atom. The van der Waals surface area contributed by atoms with Gasteiger partial charge in [-0.1, -0.05) is 18.2 Å². The summed E-state index contributed by atoms with van der Waals surface area (Å²) in [4.78, 5) is 36.5. The van der Waals surface area contributed by atoms with Gasteiger partial charge in [-0.3, -0.25) is 9.36 Å². The van der Waals surface area contributed by atoms with E-state index in [1.165, 1.54) is 0 Å². The Balaban J connectivity index is 1.44. The number of carbonyl (C=O) groups is 1. The molecule has 2 N–H and O–H groups in total. The molecule has 166 valence electrons. The Labute approximate surface area is 187 Å². The molecule has 1 aliphatic heterocycles. The summed E-state index contributed by atoms with van der Waals surface area (Å²) in [6.07, 6.45) is 4.80. The lowest BCUT2D eigenvalue weighted by atomic mass is 10.1. The first kappa shape index (κ1) is 21.5. The van der Waals surface area contributed by atoms with E-state index < -0.39 is 0 Å². The molecule has 8 nitrogen and oxygen atoms in total. The lowest BCUT2D eigenvalue weighted by molar-refractivity contribution is 0.246. The fourth-order valence-corrected chi connectivity index (χ4v) is 4.03. The van der Waals surface area contributed by atoms with Crippen molar-refractivity contribution in [1.82, 2.24) is 19.9 Å². The normalized spacial score (nSPS) is 14.4. The molecule has 4 rings (SSSR count). The molecule has 2 amide bonds. The van der Waals surface area contributed by atoms with Gasteiger partial charge in [0.25, 0.3) is 5.56 Å². The molecule has 1 aromatic carbocycles. The molecular formula is C24H28N6O2. The zero-order chi connectivity index (χ0) is 22.7. The number of hydrogen-bond acceptors (Lipinski definition) is 5. The summed E-state index contributed by atoms with van der Waals surface area (Å²) >= 11 is 0. The second kappa shape index (κ2) is 9.21. The quantitative estimate of drug-likeness (QED) is 0.603. The Bertz CT molecular complexity index is 1210. The van der Waals surface area contributed by atoms with Crippen molar-refractivity contribution < 1.29 is 4.79 Å². The number of aromatic nitrogens is 3. The third-order valence-electron chi connectivity index (χ3n) is 5.98. The largest absolute Gasteiger partial charge is 0.352 e. The lowest BCUT2D eigenvalue weighted by Crippen LogP contribution is -2.47. The molecular weight excluding hydrogens is 404 g/mol. The van der Waals surface area contributed by atoms with E-state index in [0.717, 1.165) is 29.7 Å². The summed E-state index contributed by atoms with van der Waals surface area (Å²) in [6.45, 7) is 9.42. The van der Waals surface area contributed by atoms with Gasteiger partial charge in [0.2, 0.25) is 0 Å². The van der Waals surface area contributed by atoms with E-state index >= 15 is 0 Å². The van der Waals surface area contributed by atoms with Crippen LogP contribution in [0.5, 0.6) is 0 Å². The van der Waals surface area contributed by atoms with Crippen LogP contribution in [0.3, 0.4) is 0 Å². The number of pyridine rings is 1. The minimum absolute atomic E-state index is 0.0360. The van der Waals surface area contributed by atoms with E-state index in [0.29, 0.717) is 36.6 Å². The molecule has 1 saturated heterocycles. The molecule has 1 aliphatic rings. The SMILES string of the molecule is C=CCn1c(=O)c(N2CCC(NC(=O)Nc3cccc(C)c3C)CC2)nc2cccnc21. The van der Waals surface area contributed by atoms with Crippen LogP contribution in [0.25, 0.3) is 11.2 Å². The number of hydrogen-bond donors (Lipinski definition) is 2. The molecule has 3 aromatic rings. The van der Waals surface area contributed by atoms with Gasteiger partial charge >= 0.3 is 6.03 Å². The molecule has 3 heterocycles. The molecule has 0 atom stereocenters. The summed E-state index contributed by atoms with van der Waals surface area (Å²) in [6, 6.07) is 9.35. The van der Waals surface area contributed by atoms with Crippen molar-refractivity contribution in [2.75, 3.05) is 23.3 Å². The van der Waals surface area contributed by atoms with Gasteiger partial charge in [0.15, 0.2) is 11.5 Å². The number of piperidine rings is 1. The first-order valence-corrected chi connectivity index (χ1v) is 10.8. The van der Waals surface area contributed by atoms with Crippen LogP contribution in [-0.4, -0.2) is 39.7 Å². The van der Waals surface area contributed by atoms with Crippen LogP contribution in [0.2, 0.25) is 0 Å². The van der Waals surface area contributed by atoms with Crippen molar-refractivity contribution in [3.8, 4) is 0 Å². The van der Waals surface area contributed by atoms with Crippen LogP contribution >= 0.6 is 0 Å². The first-order valence-electron chi connectivity index (χ1n) is 10.8. The first-order chi connectivity index (χ1) is 15.5. The number of benzene rings is 1. The summed E-state index contributed by atoms with van der Waals surface area (Å²) in [5, 5.41) is 6.00. The summed E-state index contributed by atoms with van der Waals surface area (Å²) in [5.74, 6) is 0.422. The molecule has 1 fully saturated rings. The predicted molar refractivity (Wildman–Crippen MR) is 127 cm³/mol. The maximum absolute atomic E-state index is 13.1. The number of rotatable bonds is 5. The van der Waals surface area contributed by atoms with Gasteiger partial charge in [-0.05, 0) is 56.0 Å². The lowest BCUT2D eigenvalue weighted by Gasteiger charge is -2.33. The molecule has 0 saturated carbocycles. The average molecular weight is 433 g/mol. The molecule has 0 aliphatic carbocycles. The van der Waals surface area contributed by atoms with Crippen molar-refractivity contribution in [3.63, 3.8) is 0 Å². The molecule has 2 aromatic heterocycles. The molecule has 0 unspecified atom stereocenters. The summed E-state index contributed by atoms with van der Waals surface area (Å²) < 4.78 is 1.60. The van der Waals surface area contributed by atoms with Crippen LogP contribution in [-0.2, 0) is 6.54 Å². The number of allylic oxidation sites excluding steroid dienone is 1. The van der Waals surface area contributed by atoms with Crippen LogP contribution in [0.1, 0.15) is 24.0 Å². The van der Waals surface area contributed by atoms with E-state index in [2.05, 4.69) is 27.2 Å². The second-order valence-electron chi connectivity index (χ2n) is 8.09. The van der Waals surface area contributed by atoms with Gasteiger partial charge in [0, 0.05) is 37.6 Å². The fourth-order valence-electron chi connectivity index (χ4n) is 4.03. The van der Waals surface area contributed by atoms with Crippen molar-refractivity contribution in [2.45, 2.75) is 39.3 Å². The molecule has 0 radical (unpaired) electrons. The van der Waals surface area contributed by atoms with Gasteiger partial charge in [-0.15, -0.1) is 6.58 Å². The highest BCUT2D eigenvalue weighted by Crippen LogP contribution is 2.20. The van der Waals surface area contributed by atoms with Crippen molar-refractivity contribution >= 4 is 28.7 Å². The topological polar surface area (TPSA) is 92.2 Å². The van der Waals surface area contributed by atoms with E-state index in [1.807, 2.05) is 49.1 Å². The van der Waals surface area contributed by atoms with Gasteiger partial charge in [-0.2, -0.15) is 0 Å². The Morgan fingerprint density at radius 2 is 2.00 bits per heavy atom. The highest BCUT2D eigenvalue weighted by atomic mass is 16.2. The minimum Gasteiger partial charge on any atom is -0.352 e. The molecule has 8 heteroatoms. The van der Waals surface area contributed by atoms with E-state index in [1.54, 1.807) is 16.8 Å². The van der Waals surface area contributed by atoms with E-state index in [4.69, 9.17) is 0 Å². The van der Waals surface area contributed by atoms with Gasteiger partial charge in [0.05, 0.1) is 0 Å². The highest BCUT2D eigenvalue weighted by molar-refractivity contribution is 5.90. The van der Waals surface area contributed by atoms with Gasteiger partial charge in [-0.25, -0.2) is 14.8 Å². The second-order valence-corrected chi connectivity index (χ2v) is 8.09. The number of nitrogens with one attached hydrogen (secondary N) is 2. The maximum atomic E-state index is 13.1. The van der Waals surface area contributed by atoms with Gasteiger partial charge in [0.1, 0.15) is 5.52 Å². The predicted octanol–water partition coefficient (Wildman–Crippen LogP) is 3.38. The third kappa shape index (κ3) is 4.34. The van der Waals surface area contributed by atoms with Crippen LogP contribution in [0, 0.1) is 13.8 Å². The smallest absolute Gasteiger partial charge is 0.319 e. The van der Waals surface area contributed by atoms with Crippen LogP contribution < -0.4 is 21.1 Å². The Morgan fingerprint density at radius 3 is 2.75 bits per heavy atom. The Hall–Kier alpha value is -3.68. The molecule has 32 heavy (non-hydrogen) atoms.